The van der Waals surface area contributed by atoms with Crippen molar-refractivity contribution in [2.45, 2.75) is 31.4 Å². The number of sulfone groups is 1. The van der Waals surface area contributed by atoms with E-state index in [1.807, 2.05) is 36.4 Å². The van der Waals surface area contributed by atoms with Crippen LogP contribution in [-0.4, -0.2) is 38.0 Å². The van der Waals surface area contributed by atoms with Crippen LogP contribution in [0.3, 0.4) is 0 Å². The Morgan fingerprint density at radius 1 is 0.914 bits per heavy atom. The lowest BCUT2D eigenvalue weighted by Gasteiger charge is -2.14. The van der Waals surface area contributed by atoms with Gasteiger partial charge in [-0.25, -0.2) is 8.42 Å². The van der Waals surface area contributed by atoms with Crippen LogP contribution in [0.25, 0.3) is 33.2 Å². The van der Waals surface area contributed by atoms with Crippen LogP contribution in [0, 0.1) is 0 Å². The van der Waals surface area contributed by atoms with Crippen LogP contribution in [0.4, 0.5) is 0 Å². The van der Waals surface area contributed by atoms with Gasteiger partial charge in [0.15, 0.2) is 0 Å². The zero-order valence-corrected chi connectivity index (χ0v) is 21.0. The molecule has 6 heteroatoms. The van der Waals surface area contributed by atoms with E-state index in [4.69, 9.17) is 4.74 Å². The van der Waals surface area contributed by atoms with Crippen molar-refractivity contribution in [3.63, 3.8) is 0 Å². The number of hydrogen-bond donors (Lipinski definition) is 0. The van der Waals surface area contributed by atoms with E-state index in [0.717, 1.165) is 44.3 Å². The zero-order chi connectivity index (χ0) is 25.0. The summed E-state index contributed by atoms with van der Waals surface area (Å²) >= 11 is 0. The Hall–Kier alpha value is -3.51. The summed E-state index contributed by atoms with van der Waals surface area (Å²) in [5, 5.41) is 0.513. The van der Waals surface area contributed by atoms with Crippen LogP contribution in [0.1, 0.15) is 24.5 Å². The molecule has 0 amide bonds. The van der Waals surface area contributed by atoms with Crippen molar-refractivity contribution in [2.75, 3.05) is 13.4 Å². The van der Waals surface area contributed by atoms with Gasteiger partial charge in [-0.15, -0.1) is 0 Å². The van der Waals surface area contributed by atoms with Gasteiger partial charge in [0.05, 0.1) is 17.9 Å². The molecule has 0 bridgehead atoms. The minimum Gasteiger partial charge on any atom is -0.469 e. The number of esters is 1. The lowest BCUT2D eigenvalue weighted by Crippen LogP contribution is -2.18. The van der Waals surface area contributed by atoms with Gasteiger partial charge in [-0.2, -0.15) is 0 Å². The summed E-state index contributed by atoms with van der Waals surface area (Å²) in [5.74, 6) is -0.221. The second kappa shape index (κ2) is 10.4. The van der Waals surface area contributed by atoms with E-state index >= 15 is 0 Å². The van der Waals surface area contributed by atoms with E-state index in [9.17, 15) is 13.2 Å². The molecular formula is C29H29NO4S. The summed E-state index contributed by atoms with van der Waals surface area (Å²) in [6, 6.07) is 24.4. The highest BCUT2D eigenvalue weighted by Crippen LogP contribution is 2.32. The number of hydrogen-bond acceptors (Lipinski definition) is 5. The lowest BCUT2D eigenvalue weighted by molar-refractivity contribution is -0.140. The number of fused-ring (bicyclic) bond motifs is 1. The molecule has 1 unspecified atom stereocenters. The molecule has 0 radical (unpaired) electrons. The molecule has 0 aliphatic heterocycles. The first kappa shape index (κ1) is 24.6. The number of nitrogens with zero attached hydrogens (tertiary/aromatic N) is 1. The Morgan fingerprint density at radius 3 is 2.37 bits per heavy atom. The standard InChI is InChI=1S/C29H29NO4S/c1-20(35(3,32)33)15-22-17-26-11-6-14-30-29(26)27(18-22)25-10-5-9-24(19-25)23-8-4-7-21(16-23)12-13-28(31)34-2/h4-11,14,16-20H,12-13,15H2,1-3H3. The van der Waals surface area contributed by atoms with Crippen LogP contribution >= 0.6 is 0 Å². The molecule has 1 aromatic heterocycles. The largest absolute Gasteiger partial charge is 0.469 e. The van der Waals surface area contributed by atoms with Crippen LogP contribution in [0.2, 0.25) is 0 Å². The molecule has 0 aliphatic carbocycles. The number of carbonyl (C=O) groups excluding carboxylic acids is 1. The number of ether oxygens (including phenoxy) is 1. The predicted octanol–water partition coefficient (Wildman–Crippen LogP) is 5.65. The number of rotatable bonds is 8. The summed E-state index contributed by atoms with van der Waals surface area (Å²) in [6.45, 7) is 1.75. The van der Waals surface area contributed by atoms with Crippen molar-refractivity contribution in [1.82, 2.24) is 4.98 Å². The maximum absolute atomic E-state index is 12.0. The lowest BCUT2D eigenvalue weighted by atomic mass is 9.94. The molecule has 0 saturated carbocycles. The van der Waals surface area contributed by atoms with Gasteiger partial charge in [0.25, 0.3) is 0 Å². The fourth-order valence-corrected chi connectivity index (χ4v) is 4.69. The second-order valence-corrected chi connectivity index (χ2v) is 11.4. The first-order valence-electron chi connectivity index (χ1n) is 11.6. The van der Waals surface area contributed by atoms with Gasteiger partial charge in [0.2, 0.25) is 0 Å². The summed E-state index contributed by atoms with van der Waals surface area (Å²) in [6.07, 6.45) is 4.47. The highest BCUT2D eigenvalue weighted by molar-refractivity contribution is 7.91. The average molecular weight is 488 g/mol. The Morgan fingerprint density at radius 2 is 1.63 bits per heavy atom. The third-order valence-electron chi connectivity index (χ3n) is 6.30. The fraction of sp³-hybridized carbons (Fsp3) is 0.241. The number of methoxy groups -OCH3 is 1. The maximum atomic E-state index is 12.0. The zero-order valence-electron chi connectivity index (χ0n) is 20.2. The smallest absolute Gasteiger partial charge is 0.305 e. The van der Waals surface area contributed by atoms with E-state index in [2.05, 4.69) is 41.4 Å². The molecule has 3 aromatic carbocycles. The molecule has 0 aliphatic rings. The number of pyridine rings is 1. The third kappa shape index (κ3) is 5.95. The first-order valence-corrected chi connectivity index (χ1v) is 13.5. The molecule has 4 aromatic rings. The van der Waals surface area contributed by atoms with E-state index in [-0.39, 0.29) is 5.97 Å². The quantitative estimate of drug-likeness (QED) is 0.300. The number of aryl methyl sites for hydroxylation is 1. The molecule has 180 valence electrons. The van der Waals surface area contributed by atoms with E-state index in [1.54, 1.807) is 13.1 Å². The predicted molar refractivity (Wildman–Crippen MR) is 141 cm³/mol. The summed E-state index contributed by atoms with van der Waals surface area (Å²) in [4.78, 5) is 16.2. The van der Waals surface area contributed by atoms with Crippen LogP contribution < -0.4 is 0 Å². The fourth-order valence-electron chi connectivity index (χ4n) is 4.20. The maximum Gasteiger partial charge on any atom is 0.305 e. The van der Waals surface area contributed by atoms with E-state index < -0.39 is 15.1 Å². The minimum atomic E-state index is -3.14. The van der Waals surface area contributed by atoms with Gasteiger partial charge in [-0.3, -0.25) is 9.78 Å². The van der Waals surface area contributed by atoms with Gasteiger partial charge in [-0.1, -0.05) is 48.5 Å². The van der Waals surface area contributed by atoms with Crippen molar-refractivity contribution in [2.24, 2.45) is 0 Å². The van der Waals surface area contributed by atoms with Crippen molar-refractivity contribution in [1.29, 1.82) is 0 Å². The van der Waals surface area contributed by atoms with Crippen molar-refractivity contribution in [3.05, 3.63) is 90.1 Å². The molecule has 0 spiro atoms. The number of carbonyl (C=O) groups is 1. The molecule has 1 heterocycles. The van der Waals surface area contributed by atoms with Gasteiger partial charge >= 0.3 is 5.97 Å². The monoisotopic (exact) mass is 487 g/mol. The highest BCUT2D eigenvalue weighted by Gasteiger charge is 2.17. The molecule has 1 atom stereocenters. The first-order chi connectivity index (χ1) is 16.7. The Labute approximate surface area is 206 Å². The third-order valence-corrected chi connectivity index (χ3v) is 7.93. The van der Waals surface area contributed by atoms with Gasteiger partial charge in [0.1, 0.15) is 9.84 Å². The summed E-state index contributed by atoms with van der Waals surface area (Å²) < 4.78 is 28.9. The van der Waals surface area contributed by atoms with Crippen molar-refractivity contribution in [3.8, 4) is 22.3 Å². The van der Waals surface area contributed by atoms with Crippen LogP contribution in [-0.2, 0) is 32.2 Å². The summed E-state index contributed by atoms with van der Waals surface area (Å²) in [5.41, 5.74) is 7.03. The van der Waals surface area contributed by atoms with Gasteiger partial charge in [0, 0.05) is 29.8 Å². The average Bonchev–Trinajstić information content (AvgIpc) is 2.86. The van der Waals surface area contributed by atoms with Crippen LogP contribution in [0.5, 0.6) is 0 Å². The normalized spacial score (nSPS) is 12.4. The molecule has 5 nitrogen and oxygen atoms in total. The van der Waals surface area contributed by atoms with E-state index in [1.165, 1.54) is 13.4 Å². The van der Waals surface area contributed by atoms with Crippen molar-refractivity contribution >= 4 is 26.7 Å². The Balaban J connectivity index is 1.73. The van der Waals surface area contributed by atoms with E-state index in [0.29, 0.717) is 19.3 Å². The minimum absolute atomic E-state index is 0.221. The molecule has 4 rings (SSSR count). The van der Waals surface area contributed by atoms with Crippen molar-refractivity contribution < 1.29 is 17.9 Å². The van der Waals surface area contributed by atoms with Gasteiger partial charge in [-0.05, 0) is 71.8 Å². The molecule has 0 saturated heterocycles. The molecular weight excluding hydrogens is 458 g/mol. The van der Waals surface area contributed by atoms with Gasteiger partial charge < -0.3 is 4.74 Å². The highest BCUT2D eigenvalue weighted by atomic mass is 32.2. The molecule has 0 N–H and O–H groups in total. The topological polar surface area (TPSA) is 73.3 Å². The second-order valence-electron chi connectivity index (χ2n) is 8.92. The Bertz CT molecular complexity index is 1480. The Kier molecular flexibility index (Phi) is 7.31. The molecule has 35 heavy (non-hydrogen) atoms. The summed E-state index contributed by atoms with van der Waals surface area (Å²) in [7, 11) is -1.73. The molecule has 0 fully saturated rings. The van der Waals surface area contributed by atoms with Crippen LogP contribution in [0.15, 0.2) is 79.0 Å². The number of aromatic nitrogens is 1. The number of benzene rings is 3. The SMILES string of the molecule is COC(=O)CCc1cccc(-c2cccc(-c3cc(CC(C)S(C)(=O)=O)cc4cccnc34)c2)c1.